The molecule has 0 amide bonds. The Morgan fingerprint density at radius 1 is 1.06 bits per heavy atom. The van der Waals surface area contributed by atoms with Gasteiger partial charge in [-0.1, -0.05) is 17.8 Å². The Labute approximate surface area is 111 Å². The lowest BCUT2D eigenvalue weighted by Gasteiger charge is -2.21. The Morgan fingerprint density at radius 2 is 1.78 bits per heavy atom. The number of benzene rings is 2. The number of hydrogen-bond acceptors (Lipinski definition) is 3. The average Bonchev–Trinajstić information content (AvgIpc) is 2.36. The van der Waals surface area contributed by atoms with Crippen molar-refractivity contribution in [3.8, 4) is 5.75 Å². The van der Waals surface area contributed by atoms with Gasteiger partial charge < -0.3 is 10.1 Å². The molecule has 2 nitrogen and oxygen atoms in total. The Kier molecular flexibility index (Phi) is 2.92. The van der Waals surface area contributed by atoms with Gasteiger partial charge in [-0.2, -0.15) is 0 Å². The van der Waals surface area contributed by atoms with Crippen LogP contribution in [-0.4, -0.2) is 6.61 Å². The van der Waals surface area contributed by atoms with Crippen molar-refractivity contribution in [2.75, 3.05) is 11.9 Å². The van der Waals surface area contributed by atoms with Crippen LogP contribution in [0.5, 0.6) is 5.75 Å². The second-order valence-corrected chi connectivity index (χ2v) is 5.40. The number of fused-ring (bicyclic) bond motifs is 2. The number of ether oxygens (including phenoxy) is 1. The van der Waals surface area contributed by atoms with Gasteiger partial charge in [-0.25, -0.2) is 0 Å². The van der Waals surface area contributed by atoms with Crippen LogP contribution in [0, 0.1) is 6.92 Å². The predicted octanol–water partition coefficient (Wildman–Crippen LogP) is 4.60. The molecule has 0 saturated heterocycles. The van der Waals surface area contributed by atoms with Crippen LogP contribution < -0.4 is 10.1 Å². The van der Waals surface area contributed by atoms with E-state index in [0.717, 1.165) is 11.4 Å². The molecule has 92 valence electrons. The number of nitrogens with one attached hydrogen (secondary N) is 1. The van der Waals surface area contributed by atoms with E-state index in [9.17, 15) is 0 Å². The lowest BCUT2D eigenvalue weighted by molar-refractivity contribution is 0.339. The molecule has 3 rings (SSSR count). The lowest BCUT2D eigenvalue weighted by atomic mass is 10.2. The first-order valence-corrected chi connectivity index (χ1v) is 6.90. The van der Waals surface area contributed by atoms with Crippen molar-refractivity contribution >= 4 is 23.1 Å². The molecule has 1 aliphatic rings. The minimum atomic E-state index is 0.701. The zero-order valence-electron chi connectivity index (χ0n) is 10.5. The van der Waals surface area contributed by atoms with E-state index >= 15 is 0 Å². The van der Waals surface area contributed by atoms with Gasteiger partial charge >= 0.3 is 0 Å². The standard InChI is InChI=1S/C15H15NOS/c1-3-17-11-5-7-13-15(9-11)18-14-8-10(2)4-6-12(14)16-13/h4-9,16H,3H2,1-2H3. The van der Waals surface area contributed by atoms with Crippen LogP contribution >= 0.6 is 11.8 Å². The summed E-state index contributed by atoms with van der Waals surface area (Å²) < 4.78 is 5.54. The van der Waals surface area contributed by atoms with Crippen LogP contribution in [0.15, 0.2) is 46.2 Å². The average molecular weight is 257 g/mol. The fraction of sp³-hybridized carbons (Fsp3) is 0.200. The maximum Gasteiger partial charge on any atom is 0.120 e. The number of hydrogen-bond donors (Lipinski definition) is 1. The van der Waals surface area contributed by atoms with E-state index in [0.29, 0.717) is 6.61 Å². The molecule has 0 fully saturated rings. The third-order valence-corrected chi connectivity index (χ3v) is 4.01. The van der Waals surface area contributed by atoms with Gasteiger partial charge in [-0.05, 0) is 49.7 Å². The molecule has 0 unspecified atom stereocenters. The molecule has 0 radical (unpaired) electrons. The zero-order chi connectivity index (χ0) is 12.5. The molecule has 0 saturated carbocycles. The van der Waals surface area contributed by atoms with E-state index in [2.05, 4.69) is 42.6 Å². The highest BCUT2D eigenvalue weighted by molar-refractivity contribution is 7.99. The van der Waals surface area contributed by atoms with Gasteiger partial charge in [0.05, 0.1) is 18.0 Å². The van der Waals surface area contributed by atoms with Gasteiger partial charge in [0.15, 0.2) is 0 Å². The normalized spacial score (nSPS) is 12.3. The topological polar surface area (TPSA) is 21.3 Å². The van der Waals surface area contributed by atoms with Crippen LogP contribution in [0.2, 0.25) is 0 Å². The fourth-order valence-electron chi connectivity index (χ4n) is 2.03. The van der Waals surface area contributed by atoms with Gasteiger partial charge in [0, 0.05) is 9.79 Å². The summed E-state index contributed by atoms with van der Waals surface area (Å²) in [7, 11) is 0. The Hall–Kier alpha value is -1.61. The van der Waals surface area contributed by atoms with Crippen molar-refractivity contribution in [2.24, 2.45) is 0 Å². The number of aryl methyl sites for hydroxylation is 1. The molecular weight excluding hydrogens is 242 g/mol. The van der Waals surface area contributed by atoms with Crippen molar-refractivity contribution in [3.63, 3.8) is 0 Å². The molecule has 1 heterocycles. The van der Waals surface area contributed by atoms with Crippen molar-refractivity contribution in [1.82, 2.24) is 0 Å². The van der Waals surface area contributed by atoms with Crippen LogP contribution in [0.4, 0.5) is 11.4 Å². The molecule has 0 atom stereocenters. The summed E-state index contributed by atoms with van der Waals surface area (Å²) in [5, 5.41) is 3.46. The number of anilines is 2. The molecule has 0 aliphatic carbocycles. The van der Waals surface area contributed by atoms with Crippen LogP contribution in [0.1, 0.15) is 12.5 Å². The molecule has 3 heteroatoms. The fourth-order valence-corrected chi connectivity index (χ4v) is 3.14. The quantitative estimate of drug-likeness (QED) is 0.725. The molecule has 0 aromatic heterocycles. The first kappa shape index (κ1) is 11.5. The summed E-state index contributed by atoms with van der Waals surface area (Å²) in [6.45, 7) is 4.82. The smallest absolute Gasteiger partial charge is 0.120 e. The maximum absolute atomic E-state index is 5.54. The van der Waals surface area contributed by atoms with E-state index in [1.807, 2.05) is 13.0 Å². The van der Waals surface area contributed by atoms with E-state index in [4.69, 9.17) is 4.74 Å². The van der Waals surface area contributed by atoms with E-state index in [1.165, 1.54) is 21.0 Å². The monoisotopic (exact) mass is 257 g/mol. The summed E-state index contributed by atoms with van der Waals surface area (Å²) in [6, 6.07) is 12.7. The zero-order valence-corrected chi connectivity index (χ0v) is 11.3. The van der Waals surface area contributed by atoms with Crippen molar-refractivity contribution in [1.29, 1.82) is 0 Å². The summed E-state index contributed by atoms with van der Waals surface area (Å²) >= 11 is 1.79. The highest BCUT2D eigenvalue weighted by Crippen LogP contribution is 2.45. The molecular formula is C15H15NOS. The molecule has 2 aromatic carbocycles. The summed E-state index contributed by atoms with van der Waals surface area (Å²) in [6.07, 6.45) is 0. The highest BCUT2D eigenvalue weighted by atomic mass is 32.2. The van der Waals surface area contributed by atoms with Gasteiger partial charge in [-0.15, -0.1) is 0 Å². The Morgan fingerprint density at radius 3 is 2.56 bits per heavy atom. The molecule has 0 bridgehead atoms. The van der Waals surface area contributed by atoms with Crippen molar-refractivity contribution < 1.29 is 4.74 Å². The molecule has 1 N–H and O–H groups in total. The second-order valence-electron chi connectivity index (χ2n) is 4.32. The third kappa shape index (κ3) is 2.06. The van der Waals surface area contributed by atoms with Crippen LogP contribution in [0.25, 0.3) is 0 Å². The van der Waals surface area contributed by atoms with E-state index in [-0.39, 0.29) is 0 Å². The summed E-state index contributed by atoms with van der Waals surface area (Å²) in [4.78, 5) is 2.50. The van der Waals surface area contributed by atoms with Gasteiger partial charge in [0.2, 0.25) is 0 Å². The molecule has 18 heavy (non-hydrogen) atoms. The predicted molar refractivity (Wildman–Crippen MR) is 76.2 cm³/mol. The Bertz CT molecular complexity index is 595. The Balaban J connectivity index is 1.98. The van der Waals surface area contributed by atoms with E-state index in [1.54, 1.807) is 11.8 Å². The number of rotatable bonds is 2. The first-order valence-electron chi connectivity index (χ1n) is 6.08. The van der Waals surface area contributed by atoms with Gasteiger partial charge in [0.1, 0.15) is 5.75 Å². The minimum absolute atomic E-state index is 0.701. The molecule has 1 aliphatic heterocycles. The summed E-state index contributed by atoms with van der Waals surface area (Å²) in [5.41, 5.74) is 3.62. The van der Waals surface area contributed by atoms with Crippen molar-refractivity contribution in [2.45, 2.75) is 23.6 Å². The highest BCUT2D eigenvalue weighted by Gasteiger charge is 2.16. The van der Waals surface area contributed by atoms with Gasteiger partial charge in [0.25, 0.3) is 0 Å². The SMILES string of the molecule is CCOc1ccc2c(c1)Sc1cc(C)ccc1N2. The summed E-state index contributed by atoms with van der Waals surface area (Å²) in [5.74, 6) is 0.932. The molecule has 0 spiro atoms. The largest absolute Gasteiger partial charge is 0.494 e. The maximum atomic E-state index is 5.54. The van der Waals surface area contributed by atoms with Crippen molar-refractivity contribution in [3.05, 3.63) is 42.0 Å². The van der Waals surface area contributed by atoms with Gasteiger partial charge in [-0.3, -0.25) is 0 Å². The van der Waals surface area contributed by atoms with Crippen LogP contribution in [0.3, 0.4) is 0 Å². The van der Waals surface area contributed by atoms with E-state index < -0.39 is 0 Å². The molecule has 2 aromatic rings. The second kappa shape index (κ2) is 4.58. The third-order valence-electron chi connectivity index (χ3n) is 2.89. The first-order chi connectivity index (χ1) is 8.76. The minimum Gasteiger partial charge on any atom is -0.494 e. The van der Waals surface area contributed by atoms with Crippen LogP contribution in [-0.2, 0) is 0 Å². The lowest BCUT2D eigenvalue weighted by Crippen LogP contribution is -2.00.